The van der Waals surface area contributed by atoms with E-state index in [1.54, 1.807) is 13.2 Å². The highest BCUT2D eigenvalue weighted by molar-refractivity contribution is 5.78. The Morgan fingerprint density at radius 1 is 1.42 bits per heavy atom. The Morgan fingerprint density at radius 3 is 2.84 bits per heavy atom. The van der Waals surface area contributed by atoms with Gasteiger partial charge in [0, 0.05) is 12.5 Å². The van der Waals surface area contributed by atoms with Crippen LogP contribution in [0.5, 0.6) is 0 Å². The maximum absolute atomic E-state index is 13.6. The Hall–Kier alpha value is -1.43. The van der Waals surface area contributed by atoms with E-state index in [-0.39, 0.29) is 23.5 Å². The van der Waals surface area contributed by atoms with Gasteiger partial charge in [0.2, 0.25) is 0 Å². The first kappa shape index (κ1) is 14.0. The second-order valence-corrected chi connectivity index (χ2v) is 4.65. The van der Waals surface area contributed by atoms with Gasteiger partial charge in [-0.25, -0.2) is 9.82 Å². The normalized spacial score (nSPS) is 14.7. The number of nitrogens with one attached hydrogen (secondary N) is 1. The molecule has 2 unspecified atom stereocenters. The van der Waals surface area contributed by atoms with Crippen molar-refractivity contribution in [3.8, 4) is 0 Å². The van der Waals surface area contributed by atoms with Crippen molar-refractivity contribution < 1.29 is 13.5 Å². The lowest BCUT2D eigenvalue weighted by Crippen LogP contribution is -2.28. The Morgan fingerprint density at radius 2 is 2.21 bits per heavy atom. The largest absolute Gasteiger partial charge is 0.456 e. The number of para-hydroxylation sites is 1. The molecule has 0 amide bonds. The van der Waals surface area contributed by atoms with Gasteiger partial charge in [-0.15, -0.1) is 0 Å². The van der Waals surface area contributed by atoms with Crippen molar-refractivity contribution in [2.75, 3.05) is 7.11 Å². The van der Waals surface area contributed by atoms with Crippen LogP contribution in [0, 0.1) is 5.82 Å². The summed E-state index contributed by atoms with van der Waals surface area (Å²) >= 11 is 0. The minimum absolute atomic E-state index is 0.149. The molecule has 0 saturated carbocycles. The van der Waals surface area contributed by atoms with Crippen molar-refractivity contribution in [2.45, 2.75) is 31.9 Å². The Balaban J connectivity index is 2.18. The van der Waals surface area contributed by atoms with Crippen molar-refractivity contribution in [3.63, 3.8) is 0 Å². The molecule has 0 saturated heterocycles. The second-order valence-electron chi connectivity index (χ2n) is 4.65. The predicted molar refractivity (Wildman–Crippen MR) is 71.9 cm³/mol. The zero-order valence-corrected chi connectivity index (χ0v) is 11.2. The van der Waals surface area contributed by atoms with Crippen molar-refractivity contribution in [3.05, 3.63) is 35.8 Å². The second kappa shape index (κ2) is 6.14. The average Bonchev–Trinajstić information content (AvgIpc) is 2.84. The number of fused-ring (bicyclic) bond motifs is 1. The number of nitrogens with two attached hydrogens (primary N) is 1. The third-order valence-corrected chi connectivity index (χ3v) is 3.32. The monoisotopic (exact) mass is 266 g/mol. The Labute approximate surface area is 111 Å². The van der Waals surface area contributed by atoms with Crippen LogP contribution in [-0.2, 0) is 4.74 Å². The van der Waals surface area contributed by atoms with Gasteiger partial charge in [0.1, 0.15) is 5.76 Å². The molecule has 104 valence electrons. The van der Waals surface area contributed by atoms with E-state index in [0.717, 1.165) is 18.2 Å². The van der Waals surface area contributed by atoms with Gasteiger partial charge in [-0.1, -0.05) is 12.1 Å². The van der Waals surface area contributed by atoms with Crippen molar-refractivity contribution in [1.82, 2.24) is 5.43 Å². The quantitative estimate of drug-likeness (QED) is 0.623. The molecule has 2 aromatic rings. The summed E-state index contributed by atoms with van der Waals surface area (Å²) in [6.45, 7) is 1.99. The fraction of sp³-hybridized carbons (Fsp3) is 0.429. The van der Waals surface area contributed by atoms with Crippen LogP contribution >= 0.6 is 0 Å². The van der Waals surface area contributed by atoms with Crippen LogP contribution in [0.1, 0.15) is 31.6 Å². The summed E-state index contributed by atoms with van der Waals surface area (Å²) in [6.07, 6.45) is 1.75. The van der Waals surface area contributed by atoms with E-state index in [0.29, 0.717) is 5.76 Å². The maximum atomic E-state index is 13.6. The van der Waals surface area contributed by atoms with Crippen LogP contribution in [0.3, 0.4) is 0 Å². The molecule has 19 heavy (non-hydrogen) atoms. The molecule has 0 fully saturated rings. The summed E-state index contributed by atoms with van der Waals surface area (Å²) in [5.41, 5.74) is 2.98. The van der Waals surface area contributed by atoms with Gasteiger partial charge in [0.15, 0.2) is 11.4 Å². The molecular weight excluding hydrogens is 247 g/mol. The first-order valence-corrected chi connectivity index (χ1v) is 6.32. The molecule has 0 spiro atoms. The van der Waals surface area contributed by atoms with E-state index >= 15 is 0 Å². The molecule has 0 radical (unpaired) electrons. The smallest absolute Gasteiger partial charge is 0.169 e. The molecular formula is C14H19FN2O2. The first-order chi connectivity index (χ1) is 9.15. The van der Waals surface area contributed by atoms with E-state index in [4.69, 9.17) is 15.0 Å². The maximum Gasteiger partial charge on any atom is 0.169 e. The zero-order chi connectivity index (χ0) is 13.8. The summed E-state index contributed by atoms with van der Waals surface area (Å²) in [7, 11) is 1.67. The highest BCUT2D eigenvalue weighted by atomic mass is 19.1. The van der Waals surface area contributed by atoms with Crippen LogP contribution in [0.2, 0.25) is 0 Å². The van der Waals surface area contributed by atoms with Crippen LogP contribution in [0.4, 0.5) is 4.39 Å². The molecule has 1 aromatic heterocycles. The zero-order valence-electron chi connectivity index (χ0n) is 11.2. The minimum Gasteiger partial charge on any atom is -0.456 e. The lowest BCUT2D eigenvalue weighted by Gasteiger charge is -2.15. The third-order valence-electron chi connectivity index (χ3n) is 3.32. The standard InChI is InChI=1S/C14H19FN2O2/c1-9(18-2)6-7-12(17-16)13-8-10-4-3-5-11(15)14(10)19-13/h3-5,8-9,12,17H,6-7,16H2,1-2H3. The van der Waals surface area contributed by atoms with Gasteiger partial charge in [-0.2, -0.15) is 0 Å². The summed E-state index contributed by atoms with van der Waals surface area (Å²) < 4.78 is 24.3. The molecule has 0 bridgehead atoms. The number of hydrazine groups is 1. The number of rotatable bonds is 6. The molecule has 1 aromatic carbocycles. The van der Waals surface area contributed by atoms with Gasteiger partial charge < -0.3 is 9.15 Å². The first-order valence-electron chi connectivity index (χ1n) is 6.32. The lowest BCUT2D eigenvalue weighted by molar-refractivity contribution is 0.105. The molecule has 5 heteroatoms. The predicted octanol–water partition coefficient (Wildman–Crippen LogP) is 2.89. The SMILES string of the molecule is COC(C)CCC(NN)c1cc2cccc(F)c2o1. The fourth-order valence-electron chi connectivity index (χ4n) is 2.05. The number of hydrogen-bond acceptors (Lipinski definition) is 4. The van der Waals surface area contributed by atoms with Crippen molar-refractivity contribution >= 4 is 11.0 Å². The number of furan rings is 1. The van der Waals surface area contributed by atoms with Gasteiger partial charge >= 0.3 is 0 Å². The van der Waals surface area contributed by atoms with Gasteiger partial charge in [-0.3, -0.25) is 5.84 Å². The summed E-state index contributed by atoms with van der Waals surface area (Å²) in [6, 6.07) is 6.53. The minimum atomic E-state index is -0.357. The molecule has 4 nitrogen and oxygen atoms in total. The highest BCUT2D eigenvalue weighted by Crippen LogP contribution is 2.28. The molecule has 0 aliphatic rings. The van der Waals surface area contributed by atoms with Crippen LogP contribution < -0.4 is 11.3 Å². The third kappa shape index (κ3) is 3.12. The summed E-state index contributed by atoms with van der Waals surface area (Å²) in [4.78, 5) is 0. The molecule has 1 heterocycles. The van der Waals surface area contributed by atoms with Gasteiger partial charge in [0.05, 0.1) is 12.1 Å². The van der Waals surface area contributed by atoms with E-state index in [1.807, 2.05) is 19.1 Å². The number of ether oxygens (including phenoxy) is 1. The molecule has 3 N–H and O–H groups in total. The van der Waals surface area contributed by atoms with Crippen LogP contribution in [0.25, 0.3) is 11.0 Å². The molecule has 2 atom stereocenters. The van der Waals surface area contributed by atoms with Gasteiger partial charge in [-0.05, 0) is 31.9 Å². The summed E-state index contributed by atoms with van der Waals surface area (Å²) in [5.74, 6) is 5.84. The van der Waals surface area contributed by atoms with Gasteiger partial charge in [0.25, 0.3) is 0 Å². The Bertz CT molecular complexity index is 541. The number of benzene rings is 1. The van der Waals surface area contributed by atoms with E-state index < -0.39 is 0 Å². The van der Waals surface area contributed by atoms with Crippen molar-refractivity contribution in [1.29, 1.82) is 0 Å². The molecule has 2 rings (SSSR count). The van der Waals surface area contributed by atoms with E-state index in [1.165, 1.54) is 6.07 Å². The van der Waals surface area contributed by atoms with Crippen molar-refractivity contribution in [2.24, 2.45) is 5.84 Å². The van der Waals surface area contributed by atoms with Crippen LogP contribution in [0.15, 0.2) is 28.7 Å². The topological polar surface area (TPSA) is 60.4 Å². The number of hydrogen-bond donors (Lipinski definition) is 2. The highest BCUT2D eigenvalue weighted by Gasteiger charge is 2.17. The van der Waals surface area contributed by atoms with E-state index in [2.05, 4.69) is 5.43 Å². The Kier molecular flexibility index (Phi) is 4.52. The molecule has 0 aliphatic heterocycles. The number of methoxy groups -OCH3 is 1. The summed E-state index contributed by atoms with van der Waals surface area (Å²) in [5, 5.41) is 0.745. The lowest BCUT2D eigenvalue weighted by atomic mass is 10.1. The average molecular weight is 266 g/mol. The number of halogens is 1. The fourth-order valence-corrected chi connectivity index (χ4v) is 2.05. The molecule has 0 aliphatic carbocycles. The van der Waals surface area contributed by atoms with Crippen LogP contribution in [-0.4, -0.2) is 13.2 Å². The van der Waals surface area contributed by atoms with E-state index in [9.17, 15) is 4.39 Å².